The molecule has 8 heteroatoms. The third-order valence-electron chi connectivity index (χ3n) is 3.00. The highest BCUT2D eigenvalue weighted by atomic mass is 16.4. The zero-order valence-electron chi connectivity index (χ0n) is 11.2. The Hall–Kier alpha value is -2.22. The van der Waals surface area contributed by atoms with Crippen LogP contribution in [0, 0.1) is 0 Å². The van der Waals surface area contributed by atoms with E-state index in [9.17, 15) is 9.90 Å². The predicted octanol–water partition coefficient (Wildman–Crippen LogP) is 0.539. The first-order valence-electron chi connectivity index (χ1n) is 6.40. The van der Waals surface area contributed by atoms with Gasteiger partial charge in [0.05, 0.1) is 0 Å². The number of aliphatic hydroxyl groups is 1. The van der Waals surface area contributed by atoms with Crippen molar-refractivity contribution in [2.75, 3.05) is 6.61 Å². The largest absolute Gasteiger partial charge is 0.476 e. The van der Waals surface area contributed by atoms with Gasteiger partial charge in [-0.2, -0.15) is 0 Å². The topological polar surface area (TPSA) is 106 Å². The van der Waals surface area contributed by atoms with Gasteiger partial charge >= 0.3 is 5.97 Å². The summed E-state index contributed by atoms with van der Waals surface area (Å²) in [5, 5.41) is 25.6. The van der Waals surface area contributed by atoms with Gasteiger partial charge in [-0.05, 0) is 19.3 Å². The molecule has 0 radical (unpaired) electrons. The van der Waals surface area contributed by atoms with Gasteiger partial charge in [0.15, 0.2) is 5.82 Å². The summed E-state index contributed by atoms with van der Waals surface area (Å²) >= 11 is 0. The van der Waals surface area contributed by atoms with Crippen molar-refractivity contribution >= 4 is 5.97 Å². The molecule has 0 atom stereocenters. The highest BCUT2D eigenvalue weighted by Crippen LogP contribution is 2.20. The molecule has 0 aromatic carbocycles. The summed E-state index contributed by atoms with van der Waals surface area (Å²) in [6, 6.07) is 0. The lowest BCUT2D eigenvalue weighted by Gasteiger charge is -2.06. The molecule has 0 fully saturated rings. The van der Waals surface area contributed by atoms with E-state index in [1.54, 1.807) is 28.7 Å². The summed E-state index contributed by atoms with van der Waals surface area (Å²) in [6.45, 7) is 0.701. The number of hydrogen-bond acceptors (Lipinski definition) is 5. The summed E-state index contributed by atoms with van der Waals surface area (Å²) in [4.78, 5) is 15.4. The Kier molecular flexibility index (Phi) is 4.46. The molecule has 0 unspecified atom stereocenters. The molecule has 0 saturated carbocycles. The van der Waals surface area contributed by atoms with Crippen LogP contribution >= 0.6 is 0 Å². The minimum Gasteiger partial charge on any atom is -0.476 e. The second kappa shape index (κ2) is 6.29. The zero-order chi connectivity index (χ0) is 14.5. The fraction of sp³-hybridized carbons (Fsp3) is 0.500. The molecule has 2 aromatic heterocycles. The van der Waals surface area contributed by atoms with E-state index in [1.807, 2.05) is 0 Å². The van der Waals surface area contributed by atoms with Crippen molar-refractivity contribution in [2.24, 2.45) is 7.05 Å². The molecule has 8 nitrogen and oxygen atoms in total. The monoisotopic (exact) mass is 279 g/mol. The van der Waals surface area contributed by atoms with Crippen LogP contribution in [-0.2, 0) is 13.6 Å². The van der Waals surface area contributed by atoms with Gasteiger partial charge in [-0.15, -0.1) is 5.10 Å². The third kappa shape index (κ3) is 2.85. The summed E-state index contributed by atoms with van der Waals surface area (Å²) < 4.78 is 3.29. The molecule has 2 rings (SSSR count). The van der Waals surface area contributed by atoms with Gasteiger partial charge in [0.2, 0.25) is 5.69 Å². The number of imidazole rings is 1. The van der Waals surface area contributed by atoms with E-state index in [0.29, 0.717) is 18.1 Å². The Labute approximate surface area is 115 Å². The lowest BCUT2D eigenvalue weighted by atomic mass is 10.2. The summed E-state index contributed by atoms with van der Waals surface area (Å²) in [5.74, 6) is -0.598. The van der Waals surface area contributed by atoms with Crippen molar-refractivity contribution in [3.63, 3.8) is 0 Å². The molecule has 2 aromatic rings. The van der Waals surface area contributed by atoms with Crippen LogP contribution in [0.4, 0.5) is 0 Å². The highest BCUT2D eigenvalue weighted by Gasteiger charge is 2.23. The molecule has 108 valence electrons. The first-order chi connectivity index (χ1) is 9.65. The van der Waals surface area contributed by atoms with Crippen LogP contribution in [0.3, 0.4) is 0 Å². The second-order valence-corrected chi connectivity index (χ2v) is 4.46. The van der Waals surface area contributed by atoms with E-state index in [0.717, 1.165) is 19.3 Å². The average molecular weight is 279 g/mol. The quantitative estimate of drug-likeness (QED) is 0.716. The number of carboxylic acid groups (broad SMARTS) is 1. The Balaban J connectivity index is 2.29. The summed E-state index contributed by atoms with van der Waals surface area (Å²) in [5.41, 5.74) is 0.315. The number of aliphatic hydroxyl groups excluding tert-OH is 1. The minimum atomic E-state index is -1.12. The molecule has 0 amide bonds. The number of aromatic nitrogens is 5. The van der Waals surface area contributed by atoms with Gasteiger partial charge in [-0.25, -0.2) is 14.5 Å². The number of aromatic carboxylic acids is 1. The first kappa shape index (κ1) is 14.2. The second-order valence-electron chi connectivity index (χ2n) is 4.46. The highest BCUT2D eigenvalue weighted by molar-refractivity contribution is 5.91. The summed E-state index contributed by atoms with van der Waals surface area (Å²) in [6.07, 6.45) is 5.70. The van der Waals surface area contributed by atoms with Gasteiger partial charge < -0.3 is 14.8 Å². The van der Waals surface area contributed by atoms with Crippen LogP contribution in [-0.4, -0.2) is 47.3 Å². The SMILES string of the molecule is Cn1ccnc1-c1c(C(=O)O)nnn1CCCCCO. The van der Waals surface area contributed by atoms with Crippen LogP contribution in [0.15, 0.2) is 12.4 Å². The number of hydrogen-bond donors (Lipinski definition) is 2. The number of nitrogens with zero attached hydrogens (tertiary/aromatic N) is 5. The average Bonchev–Trinajstić information content (AvgIpc) is 3.00. The van der Waals surface area contributed by atoms with Crippen molar-refractivity contribution in [3.05, 3.63) is 18.1 Å². The van der Waals surface area contributed by atoms with Gasteiger partial charge in [0.1, 0.15) is 5.69 Å². The normalized spacial score (nSPS) is 10.9. The van der Waals surface area contributed by atoms with E-state index >= 15 is 0 Å². The molecule has 0 spiro atoms. The molecule has 2 heterocycles. The lowest BCUT2D eigenvalue weighted by molar-refractivity contribution is 0.0691. The standard InChI is InChI=1S/C12H17N5O3/c1-16-7-5-13-11(16)10-9(12(19)20)14-15-17(10)6-3-2-4-8-18/h5,7,18H,2-4,6,8H2,1H3,(H,19,20). The first-order valence-corrected chi connectivity index (χ1v) is 6.40. The maximum atomic E-state index is 11.2. The van der Waals surface area contributed by atoms with Gasteiger partial charge in [0.25, 0.3) is 0 Å². The number of aryl methyl sites for hydroxylation is 2. The van der Waals surface area contributed by atoms with E-state index in [2.05, 4.69) is 15.3 Å². The van der Waals surface area contributed by atoms with E-state index < -0.39 is 5.97 Å². The molecular formula is C12H17N5O3. The molecule has 0 aliphatic heterocycles. The predicted molar refractivity (Wildman–Crippen MR) is 70.1 cm³/mol. The molecule has 0 bridgehead atoms. The third-order valence-corrected chi connectivity index (χ3v) is 3.00. The van der Waals surface area contributed by atoms with Gasteiger partial charge in [0, 0.05) is 32.6 Å². The summed E-state index contributed by atoms with van der Waals surface area (Å²) in [7, 11) is 1.79. The minimum absolute atomic E-state index is 0.0959. The van der Waals surface area contributed by atoms with Crippen LogP contribution in [0.1, 0.15) is 29.8 Å². The van der Waals surface area contributed by atoms with Crippen molar-refractivity contribution in [1.29, 1.82) is 0 Å². The van der Waals surface area contributed by atoms with Gasteiger partial charge in [-0.1, -0.05) is 5.21 Å². The maximum absolute atomic E-state index is 11.2. The van der Waals surface area contributed by atoms with E-state index in [4.69, 9.17) is 5.11 Å². The van der Waals surface area contributed by atoms with Gasteiger partial charge in [-0.3, -0.25) is 0 Å². The Bertz CT molecular complexity index is 590. The molecule has 2 N–H and O–H groups in total. The van der Waals surface area contributed by atoms with Crippen LogP contribution in [0.5, 0.6) is 0 Å². The molecular weight excluding hydrogens is 262 g/mol. The van der Waals surface area contributed by atoms with E-state index in [-0.39, 0.29) is 12.3 Å². The molecule has 0 saturated heterocycles. The van der Waals surface area contributed by atoms with Crippen molar-refractivity contribution in [3.8, 4) is 11.5 Å². The van der Waals surface area contributed by atoms with Crippen molar-refractivity contribution < 1.29 is 15.0 Å². The maximum Gasteiger partial charge on any atom is 0.358 e. The lowest BCUT2D eigenvalue weighted by Crippen LogP contribution is -2.08. The number of carboxylic acids is 1. The zero-order valence-corrected chi connectivity index (χ0v) is 11.2. The van der Waals surface area contributed by atoms with E-state index in [1.165, 1.54) is 0 Å². The van der Waals surface area contributed by atoms with Crippen LogP contribution < -0.4 is 0 Å². The molecule has 0 aliphatic carbocycles. The smallest absolute Gasteiger partial charge is 0.358 e. The number of unbranched alkanes of at least 4 members (excludes halogenated alkanes) is 2. The van der Waals surface area contributed by atoms with Crippen LogP contribution in [0.2, 0.25) is 0 Å². The van der Waals surface area contributed by atoms with Crippen molar-refractivity contribution in [1.82, 2.24) is 24.5 Å². The van der Waals surface area contributed by atoms with Crippen molar-refractivity contribution in [2.45, 2.75) is 25.8 Å². The number of rotatable bonds is 7. The Morgan fingerprint density at radius 2 is 2.15 bits per heavy atom. The fourth-order valence-electron chi connectivity index (χ4n) is 1.98. The van der Waals surface area contributed by atoms with Crippen LogP contribution in [0.25, 0.3) is 11.5 Å². The Morgan fingerprint density at radius 3 is 2.75 bits per heavy atom. The Morgan fingerprint density at radius 1 is 1.35 bits per heavy atom. The molecule has 0 aliphatic rings. The molecule has 20 heavy (non-hydrogen) atoms. The fourth-order valence-corrected chi connectivity index (χ4v) is 1.98. The number of carbonyl (C=O) groups is 1.